The van der Waals surface area contributed by atoms with Crippen molar-refractivity contribution in [3.05, 3.63) is 95.6 Å². The minimum absolute atomic E-state index is 0.587. The second kappa shape index (κ2) is 9.98. The Balaban J connectivity index is 2.30. The summed E-state index contributed by atoms with van der Waals surface area (Å²) in [6.45, 7) is 0. The van der Waals surface area contributed by atoms with E-state index in [4.69, 9.17) is 9.47 Å². The van der Waals surface area contributed by atoms with E-state index in [9.17, 15) is 19.8 Å². The summed E-state index contributed by atoms with van der Waals surface area (Å²) in [6.07, 6.45) is -0.587. The number of rotatable bonds is 10. The van der Waals surface area contributed by atoms with Gasteiger partial charge in [-0.05, 0) is 41.0 Å². The average Bonchev–Trinajstić information content (AvgIpc) is 2.82. The molecule has 0 radical (unpaired) electrons. The predicted molar refractivity (Wildman–Crippen MR) is 119 cm³/mol. The molecule has 7 nitrogen and oxygen atoms in total. The Morgan fingerprint density at radius 2 is 1.22 bits per heavy atom. The third-order valence-corrected chi connectivity index (χ3v) is 5.32. The molecule has 3 aromatic carbocycles. The van der Waals surface area contributed by atoms with Gasteiger partial charge < -0.3 is 19.7 Å². The fourth-order valence-corrected chi connectivity index (χ4v) is 3.76. The summed E-state index contributed by atoms with van der Waals surface area (Å²) < 4.78 is 10.6. The number of carbonyl (C=O) groups is 2. The van der Waals surface area contributed by atoms with Crippen molar-refractivity contribution in [3.63, 3.8) is 0 Å². The monoisotopic (exact) mass is 435 g/mol. The van der Waals surface area contributed by atoms with Gasteiger partial charge in [-0.1, -0.05) is 54.6 Å². The molecule has 0 aromatic heterocycles. The minimum Gasteiger partial charge on any atom is -0.497 e. The lowest BCUT2D eigenvalue weighted by Gasteiger charge is -2.39. The zero-order valence-electron chi connectivity index (χ0n) is 17.8. The Hall–Kier alpha value is -3.84. The Morgan fingerprint density at radius 3 is 1.59 bits per heavy atom. The van der Waals surface area contributed by atoms with Gasteiger partial charge in [-0.25, -0.2) is 0 Å². The van der Waals surface area contributed by atoms with Gasteiger partial charge in [-0.2, -0.15) is 0 Å². The van der Waals surface area contributed by atoms with Crippen LogP contribution in [0.1, 0.15) is 23.1 Å². The van der Waals surface area contributed by atoms with Crippen LogP contribution in [-0.4, -0.2) is 42.4 Å². The van der Waals surface area contributed by atoms with Crippen molar-refractivity contribution in [2.45, 2.75) is 18.0 Å². The first-order valence-electron chi connectivity index (χ1n) is 9.97. The smallest absolute Gasteiger partial charge is 0.321 e. The number of ether oxygens (including phenoxy) is 2. The molecule has 0 aliphatic carbocycles. The fourth-order valence-electron chi connectivity index (χ4n) is 3.76. The van der Waals surface area contributed by atoms with E-state index in [2.05, 4.69) is 5.32 Å². The summed E-state index contributed by atoms with van der Waals surface area (Å²) in [5.41, 5.74) is 1.06. The first-order valence-corrected chi connectivity index (χ1v) is 9.97. The maximum Gasteiger partial charge on any atom is 0.321 e. The van der Waals surface area contributed by atoms with Gasteiger partial charge in [0.1, 0.15) is 17.5 Å². The zero-order chi connectivity index (χ0) is 23.1. The van der Waals surface area contributed by atoms with Gasteiger partial charge in [0.05, 0.1) is 26.2 Å². The average molecular weight is 435 g/mol. The summed E-state index contributed by atoms with van der Waals surface area (Å²) in [7, 11) is 3.13. The van der Waals surface area contributed by atoms with Crippen molar-refractivity contribution in [3.8, 4) is 11.5 Å². The molecule has 166 valence electrons. The highest BCUT2D eigenvalue weighted by atomic mass is 16.5. The number of carboxylic acids is 2. The number of benzene rings is 3. The summed E-state index contributed by atoms with van der Waals surface area (Å²) >= 11 is 0. The fraction of sp³-hybridized carbons (Fsp3) is 0.200. The molecule has 3 aromatic rings. The number of nitrogens with one attached hydrogen (secondary N) is 1. The molecule has 0 heterocycles. The van der Waals surface area contributed by atoms with E-state index in [1.54, 1.807) is 38.5 Å². The number of hydrogen-bond donors (Lipinski definition) is 3. The molecule has 0 aliphatic rings. The number of aliphatic carboxylic acids is 2. The third-order valence-electron chi connectivity index (χ3n) is 5.32. The van der Waals surface area contributed by atoms with Crippen LogP contribution in [0.15, 0.2) is 78.9 Å². The molecule has 0 saturated heterocycles. The Labute approximate surface area is 186 Å². The quantitative estimate of drug-likeness (QED) is 0.419. The minimum atomic E-state index is -1.35. The van der Waals surface area contributed by atoms with E-state index in [-0.39, 0.29) is 0 Å². The van der Waals surface area contributed by atoms with Crippen LogP contribution in [0, 0.1) is 0 Å². The predicted octanol–water partition coefficient (Wildman–Crippen LogP) is 3.51. The zero-order valence-corrected chi connectivity index (χ0v) is 17.8. The van der Waals surface area contributed by atoms with Crippen molar-refractivity contribution < 1.29 is 29.3 Å². The van der Waals surface area contributed by atoms with Crippen LogP contribution in [0.4, 0.5) is 0 Å². The summed E-state index contributed by atoms with van der Waals surface area (Å²) in [5.74, 6) is -1.18. The molecule has 32 heavy (non-hydrogen) atoms. The van der Waals surface area contributed by atoms with E-state index in [1.807, 2.05) is 54.6 Å². The van der Waals surface area contributed by atoms with Crippen molar-refractivity contribution in [1.29, 1.82) is 0 Å². The first kappa shape index (κ1) is 22.8. The highest BCUT2D eigenvalue weighted by Gasteiger charge is 2.40. The van der Waals surface area contributed by atoms with Crippen molar-refractivity contribution in [2.24, 2.45) is 0 Å². The van der Waals surface area contributed by atoms with Gasteiger partial charge in [-0.3, -0.25) is 14.9 Å². The van der Waals surface area contributed by atoms with Crippen LogP contribution in [0.3, 0.4) is 0 Å². The summed E-state index contributed by atoms with van der Waals surface area (Å²) in [6, 6.07) is 22.4. The molecule has 7 heteroatoms. The van der Waals surface area contributed by atoms with E-state index in [0.29, 0.717) is 11.5 Å². The molecule has 0 saturated carbocycles. The van der Waals surface area contributed by atoms with Gasteiger partial charge in [0.2, 0.25) is 0 Å². The number of carboxylic acid groups (broad SMARTS) is 2. The Morgan fingerprint density at radius 1 is 0.781 bits per heavy atom. The van der Waals surface area contributed by atoms with E-state index < -0.39 is 29.9 Å². The number of methoxy groups -OCH3 is 2. The van der Waals surface area contributed by atoms with Crippen LogP contribution in [0.25, 0.3) is 0 Å². The SMILES string of the molecule is COc1ccc(C(N[C@H](CC(=O)O)C(=O)O)(c2ccccc2)c2ccc(OC)cc2)cc1. The highest BCUT2D eigenvalue weighted by Crippen LogP contribution is 2.39. The molecule has 0 fully saturated rings. The molecular formula is C25H25NO6. The lowest BCUT2D eigenvalue weighted by Crippen LogP contribution is -2.53. The summed E-state index contributed by atoms with van der Waals surface area (Å²) in [5, 5.41) is 22.3. The first-order chi connectivity index (χ1) is 15.4. The molecule has 0 amide bonds. The molecule has 0 bridgehead atoms. The Bertz CT molecular complexity index is 1000. The topological polar surface area (TPSA) is 105 Å². The molecule has 3 N–H and O–H groups in total. The van der Waals surface area contributed by atoms with Crippen LogP contribution < -0.4 is 14.8 Å². The largest absolute Gasteiger partial charge is 0.497 e. The normalized spacial score (nSPS) is 12.1. The van der Waals surface area contributed by atoms with E-state index in [1.165, 1.54) is 0 Å². The second-order valence-electron chi connectivity index (χ2n) is 7.21. The molecule has 0 unspecified atom stereocenters. The Kier molecular flexibility index (Phi) is 7.12. The molecular weight excluding hydrogens is 410 g/mol. The van der Waals surface area contributed by atoms with Gasteiger partial charge in [0, 0.05) is 0 Å². The lowest BCUT2D eigenvalue weighted by molar-refractivity contribution is -0.146. The number of hydrogen-bond acceptors (Lipinski definition) is 5. The van der Waals surface area contributed by atoms with Gasteiger partial charge in [0.15, 0.2) is 0 Å². The standard InChI is InChI=1S/C25H25NO6/c1-31-20-12-8-18(9-13-20)25(17-6-4-3-5-7-17,19-10-14-21(32-2)15-11-19)26-22(24(29)30)16-23(27)28/h3-15,22,26H,16H2,1-2H3,(H,27,28)(H,29,30)/t22-/m1/s1. The van der Waals surface area contributed by atoms with Crippen molar-refractivity contribution in [1.82, 2.24) is 5.32 Å². The second-order valence-corrected chi connectivity index (χ2v) is 7.21. The van der Waals surface area contributed by atoms with Gasteiger partial charge in [-0.15, -0.1) is 0 Å². The van der Waals surface area contributed by atoms with Crippen molar-refractivity contribution in [2.75, 3.05) is 14.2 Å². The van der Waals surface area contributed by atoms with Crippen LogP contribution in [0.2, 0.25) is 0 Å². The third kappa shape index (κ3) is 4.73. The van der Waals surface area contributed by atoms with Crippen LogP contribution >= 0.6 is 0 Å². The van der Waals surface area contributed by atoms with Crippen LogP contribution in [-0.2, 0) is 15.1 Å². The lowest BCUT2D eigenvalue weighted by atomic mass is 9.76. The van der Waals surface area contributed by atoms with Crippen LogP contribution in [0.5, 0.6) is 11.5 Å². The van der Waals surface area contributed by atoms with E-state index >= 15 is 0 Å². The van der Waals surface area contributed by atoms with Gasteiger partial charge in [0.25, 0.3) is 0 Å². The molecule has 1 atom stereocenters. The molecule has 0 aliphatic heterocycles. The maximum atomic E-state index is 12.0. The van der Waals surface area contributed by atoms with Gasteiger partial charge >= 0.3 is 11.9 Å². The highest BCUT2D eigenvalue weighted by molar-refractivity contribution is 5.81. The molecule has 0 spiro atoms. The maximum absolute atomic E-state index is 12.0. The van der Waals surface area contributed by atoms with Crippen molar-refractivity contribution >= 4 is 11.9 Å². The molecule has 3 rings (SSSR count). The van der Waals surface area contributed by atoms with E-state index in [0.717, 1.165) is 16.7 Å². The summed E-state index contributed by atoms with van der Waals surface area (Å²) in [4.78, 5) is 23.5.